The Morgan fingerprint density at radius 3 is 1.66 bits per heavy atom. The number of hydrogen-bond acceptors (Lipinski definition) is 4. The fourth-order valence-corrected chi connectivity index (χ4v) is 13.1. The summed E-state index contributed by atoms with van der Waals surface area (Å²) in [6.07, 6.45) is 4.67. The van der Waals surface area contributed by atoms with Gasteiger partial charge in [0.15, 0.2) is 0 Å². The molecule has 13 rings (SSSR count). The van der Waals surface area contributed by atoms with Gasteiger partial charge in [-0.3, -0.25) is 0 Å². The van der Waals surface area contributed by atoms with Crippen LogP contribution in [0.5, 0.6) is 0 Å². The molecule has 0 radical (unpaired) electrons. The van der Waals surface area contributed by atoms with Crippen LogP contribution in [0, 0.1) is 6.92 Å². The zero-order valence-electron chi connectivity index (χ0n) is 42.2. The quantitative estimate of drug-likeness (QED) is 0.161. The maximum Gasteiger partial charge on any atom is 0.252 e. The van der Waals surface area contributed by atoms with Gasteiger partial charge in [0, 0.05) is 50.9 Å². The number of para-hydroxylation sites is 3. The van der Waals surface area contributed by atoms with Gasteiger partial charge >= 0.3 is 0 Å². The molecule has 346 valence electrons. The Hall–Kier alpha value is -6.98. The predicted octanol–water partition coefficient (Wildman–Crippen LogP) is 16.1. The van der Waals surface area contributed by atoms with Crippen molar-refractivity contribution >= 4 is 96.2 Å². The van der Waals surface area contributed by atoms with E-state index in [0.29, 0.717) is 0 Å². The van der Waals surface area contributed by atoms with Crippen LogP contribution in [0.25, 0.3) is 21.9 Å². The molecule has 0 unspecified atom stereocenters. The summed E-state index contributed by atoms with van der Waals surface area (Å²) in [7, 11) is 0. The average Bonchev–Trinajstić information content (AvgIpc) is 3.74. The summed E-state index contributed by atoms with van der Waals surface area (Å²) in [5.74, 6) is 0. The Balaban J connectivity index is 1.15. The van der Waals surface area contributed by atoms with Gasteiger partial charge in [-0.05, 0) is 183 Å². The molecular formula is C65H62BN3O. The van der Waals surface area contributed by atoms with Crippen molar-refractivity contribution in [1.82, 2.24) is 0 Å². The fraction of sp³-hybridized carbons (Fsp3) is 0.262. The Labute approximate surface area is 414 Å². The largest absolute Gasteiger partial charge is 0.456 e. The van der Waals surface area contributed by atoms with Crippen molar-refractivity contribution in [1.29, 1.82) is 0 Å². The third-order valence-electron chi connectivity index (χ3n) is 17.2. The molecule has 0 N–H and O–H groups in total. The lowest BCUT2D eigenvalue weighted by Crippen LogP contribution is -2.62. The molecule has 0 amide bonds. The van der Waals surface area contributed by atoms with Gasteiger partial charge in [0.25, 0.3) is 6.71 Å². The van der Waals surface area contributed by atoms with Gasteiger partial charge in [-0.1, -0.05) is 134 Å². The third kappa shape index (κ3) is 6.35. The lowest BCUT2D eigenvalue weighted by atomic mass is 9.33. The van der Waals surface area contributed by atoms with Crippen molar-refractivity contribution in [3.8, 4) is 0 Å². The molecule has 5 heteroatoms. The number of benzene rings is 8. The van der Waals surface area contributed by atoms with Crippen molar-refractivity contribution in [2.75, 3.05) is 14.7 Å². The van der Waals surface area contributed by atoms with Crippen molar-refractivity contribution in [2.45, 2.75) is 110 Å². The maximum absolute atomic E-state index is 6.68. The Kier molecular flexibility index (Phi) is 9.24. The number of hydrogen-bond donors (Lipinski definition) is 0. The van der Waals surface area contributed by atoms with E-state index in [1.807, 2.05) is 0 Å². The summed E-state index contributed by atoms with van der Waals surface area (Å²) in [5.41, 5.74) is 23.8. The first-order chi connectivity index (χ1) is 33.6. The number of anilines is 9. The third-order valence-corrected chi connectivity index (χ3v) is 17.2. The zero-order chi connectivity index (χ0) is 48.1. The molecule has 70 heavy (non-hydrogen) atoms. The van der Waals surface area contributed by atoms with Gasteiger partial charge in [-0.2, -0.15) is 0 Å². The minimum Gasteiger partial charge on any atom is -0.456 e. The second-order valence-corrected chi connectivity index (χ2v) is 23.5. The molecule has 3 heterocycles. The van der Waals surface area contributed by atoms with Gasteiger partial charge < -0.3 is 19.1 Å². The van der Waals surface area contributed by atoms with Crippen LogP contribution in [0.4, 0.5) is 51.2 Å². The summed E-state index contributed by atoms with van der Waals surface area (Å²) < 4.78 is 6.68. The molecule has 2 aliphatic heterocycles. The summed E-state index contributed by atoms with van der Waals surface area (Å²) in [5, 5.41) is 2.24. The summed E-state index contributed by atoms with van der Waals surface area (Å²) in [6, 6.07) is 61.8. The van der Waals surface area contributed by atoms with E-state index < -0.39 is 0 Å². The maximum atomic E-state index is 6.68. The molecule has 0 saturated carbocycles. The highest BCUT2D eigenvalue weighted by Gasteiger charge is 2.47. The molecular weight excluding hydrogens is 850 g/mol. The molecule has 0 fully saturated rings. The minimum atomic E-state index is -0.0292. The molecule has 0 bridgehead atoms. The number of rotatable bonds is 5. The van der Waals surface area contributed by atoms with Crippen LogP contribution >= 0.6 is 0 Å². The summed E-state index contributed by atoms with van der Waals surface area (Å²) >= 11 is 0. The van der Waals surface area contributed by atoms with Crippen molar-refractivity contribution in [3.63, 3.8) is 0 Å². The minimum absolute atomic E-state index is 0.0275. The highest BCUT2D eigenvalue weighted by Crippen LogP contribution is 2.54. The lowest BCUT2D eigenvalue weighted by Gasteiger charge is -2.48. The van der Waals surface area contributed by atoms with Crippen LogP contribution in [0.3, 0.4) is 0 Å². The van der Waals surface area contributed by atoms with E-state index in [2.05, 4.69) is 241 Å². The van der Waals surface area contributed by atoms with Crippen LogP contribution in [0.2, 0.25) is 0 Å². The first-order valence-corrected chi connectivity index (χ1v) is 25.6. The molecule has 9 aromatic rings. The molecule has 0 spiro atoms. The van der Waals surface area contributed by atoms with Gasteiger partial charge in [0.1, 0.15) is 11.2 Å². The summed E-state index contributed by atoms with van der Waals surface area (Å²) in [4.78, 5) is 7.66. The standard InChI is InChI=1S/C65H62BN3O/c1-41-35-56-61-57(36-41)69(53-24-18-26-59-60(53)46-23-16-17-25-58(46)70-59)54-38-45(67(42-19-12-10-13-20-42)43-21-14-11-15-22-43)28-30-51(54)66(61)52-39-49-50(65(8,9)34-33-64(49,6)7)40-55(52)68(56)44-27-29-47-48(37-44)63(4,5)32-31-62(47,2)3/h10-30,35-40H,31-34H2,1-9H3. The molecule has 0 atom stereocenters. The van der Waals surface area contributed by atoms with Crippen molar-refractivity contribution in [3.05, 3.63) is 192 Å². The number of fused-ring (bicyclic) bond motifs is 9. The van der Waals surface area contributed by atoms with Crippen molar-refractivity contribution < 1.29 is 4.42 Å². The van der Waals surface area contributed by atoms with E-state index in [9.17, 15) is 0 Å². The van der Waals surface area contributed by atoms with E-state index in [4.69, 9.17) is 4.42 Å². The Morgan fingerprint density at radius 2 is 0.986 bits per heavy atom. The second kappa shape index (κ2) is 15.0. The van der Waals surface area contributed by atoms with Crippen molar-refractivity contribution in [2.24, 2.45) is 0 Å². The molecule has 2 aliphatic carbocycles. The second-order valence-electron chi connectivity index (χ2n) is 23.5. The monoisotopic (exact) mass is 911 g/mol. The molecule has 0 saturated heterocycles. The normalized spacial score (nSPS) is 17.6. The van der Waals surface area contributed by atoms with Crippen LogP contribution < -0.4 is 31.1 Å². The number of furan rings is 1. The number of aryl methyl sites for hydroxylation is 1. The predicted molar refractivity (Wildman–Crippen MR) is 298 cm³/mol. The number of nitrogens with zero attached hydrogens (tertiary/aromatic N) is 3. The zero-order valence-corrected chi connectivity index (χ0v) is 42.2. The van der Waals surface area contributed by atoms with Crippen LogP contribution in [0.15, 0.2) is 168 Å². The summed E-state index contributed by atoms with van der Waals surface area (Å²) in [6.45, 7) is 22.0. The van der Waals surface area contributed by atoms with E-state index in [1.54, 1.807) is 0 Å². The average molecular weight is 912 g/mol. The first-order valence-electron chi connectivity index (χ1n) is 25.6. The smallest absolute Gasteiger partial charge is 0.252 e. The van der Waals surface area contributed by atoms with E-state index in [-0.39, 0.29) is 28.4 Å². The topological polar surface area (TPSA) is 22.9 Å². The van der Waals surface area contributed by atoms with Crippen LogP contribution in [-0.4, -0.2) is 6.71 Å². The van der Waals surface area contributed by atoms with Crippen LogP contribution in [0.1, 0.15) is 109 Å². The highest BCUT2D eigenvalue weighted by molar-refractivity contribution is 7.00. The van der Waals surface area contributed by atoms with Gasteiger partial charge in [0.05, 0.1) is 11.1 Å². The molecule has 1 aromatic heterocycles. The molecule has 8 aromatic carbocycles. The van der Waals surface area contributed by atoms with Crippen LogP contribution in [-0.2, 0) is 21.7 Å². The Bertz CT molecular complexity index is 3560. The fourth-order valence-electron chi connectivity index (χ4n) is 13.1. The Morgan fingerprint density at radius 1 is 0.429 bits per heavy atom. The SMILES string of the molecule is Cc1cc2c3c(c1)N(c1cccc4oc5ccccc5c14)c1cc(N(c4ccccc4)c4ccccc4)ccc1B3c1cc3c(cc1N2c1ccc2c(c1)C(C)(C)CCC2(C)C)C(C)(C)CCC3(C)C. The van der Waals surface area contributed by atoms with Gasteiger partial charge in [0.2, 0.25) is 0 Å². The lowest BCUT2D eigenvalue weighted by molar-refractivity contribution is 0.332. The van der Waals surface area contributed by atoms with E-state index >= 15 is 0 Å². The molecule has 4 nitrogen and oxygen atoms in total. The van der Waals surface area contributed by atoms with E-state index in [1.165, 1.54) is 85.5 Å². The van der Waals surface area contributed by atoms with Gasteiger partial charge in [-0.15, -0.1) is 0 Å². The highest BCUT2D eigenvalue weighted by atomic mass is 16.3. The van der Waals surface area contributed by atoms with E-state index in [0.717, 1.165) is 57.5 Å². The van der Waals surface area contributed by atoms with Gasteiger partial charge in [-0.25, -0.2) is 0 Å². The first kappa shape index (κ1) is 43.1. The molecule has 4 aliphatic rings.